The van der Waals surface area contributed by atoms with Gasteiger partial charge >= 0.3 is 0 Å². The molecule has 0 atom stereocenters. The summed E-state index contributed by atoms with van der Waals surface area (Å²) in [4.78, 5) is 9.36. The fraction of sp³-hybridized carbons (Fsp3) is 0. The first kappa shape index (κ1) is 32.0. The minimum atomic E-state index is 0. The molecule has 4 heterocycles. The zero-order chi connectivity index (χ0) is 33.3. The van der Waals surface area contributed by atoms with Gasteiger partial charge < -0.3 is 14.0 Å². The molecule has 1 radical (unpaired) electrons. The molecule has 0 aliphatic carbocycles. The third-order valence-corrected chi connectivity index (χ3v) is 8.69. The summed E-state index contributed by atoms with van der Waals surface area (Å²) >= 11 is 0. The third-order valence-electron chi connectivity index (χ3n) is 8.69. The first-order valence-electron chi connectivity index (χ1n) is 16.3. The summed E-state index contributed by atoms with van der Waals surface area (Å²) < 4.78 is 8.60. The quantitative estimate of drug-likeness (QED) is 0.165. The van der Waals surface area contributed by atoms with Crippen molar-refractivity contribution in [3.05, 3.63) is 176 Å². The predicted octanol–water partition coefficient (Wildman–Crippen LogP) is 10.5. The van der Waals surface area contributed by atoms with Crippen molar-refractivity contribution in [3.8, 4) is 39.5 Å². The summed E-state index contributed by atoms with van der Waals surface area (Å²) in [7, 11) is 0. The topological polar surface area (TPSA) is 69.6 Å². The standard InChI is InChI=1S/C33H19N4O.C11H8N.Ir/c1-3-10-21(11-4-1)22-18-19-24-25-15-9-16-27(31(25)38-29(24)20-22)32-34-30-26-14-7-8-17-28(26)35-36-33(30)37(32)23-12-5-2-6-13-23;1-2-6-10(7-3-1)11-8-4-5-9-12-11;/h1-15,17-20H;1-6,8-9H;/q2*-1;. The maximum atomic E-state index is 6.55. The Labute approximate surface area is 307 Å². The summed E-state index contributed by atoms with van der Waals surface area (Å²) in [5.74, 6) is 0.713. The van der Waals surface area contributed by atoms with Crippen molar-refractivity contribution in [2.75, 3.05) is 0 Å². The molecule has 10 aromatic rings. The SMILES string of the molecule is [Ir].[c-]1ccc2c(oc3cc(-c4ccccc4)ccc32)c1-c1nc2c3ccccc3nnc2n1-c1ccccc1.[c-]1ccccc1-c1ccccn1. The molecule has 7 heteroatoms. The summed E-state index contributed by atoms with van der Waals surface area (Å²) in [5, 5.41) is 12.1. The maximum absolute atomic E-state index is 6.55. The number of hydrogen-bond acceptors (Lipinski definition) is 5. The first-order chi connectivity index (χ1) is 24.8. The van der Waals surface area contributed by atoms with E-state index in [1.807, 2.05) is 126 Å². The summed E-state index contributed by atoms with van der Waals surface area (Å²) in [6.45, 7) is 0. The largest absolute Gasteiger partial charge is 0.501 e. The van der Waals surface area contributed by atoms with Gasteiger partial charge in [0.25, 0.3) is 0 Å². The minimum absolute atomic E-state index is 0. The second kappa shape index (κ2) is 13.9. The van der Waals surface area contributed by atoms with E-state index in [0.29, 0.717) is 11.5 Å². The van der Waals surface area contributed by atoms with Crippen molar-refractivity contribution < 1.29 is 24.5 Å². The van der Waals surface area contributed by atoms with Crippen LogP contribution >= 0.6 is 0 Å². The Kier molecular flexibility index (Phi) is 8.73. The molecule has 0 fully saturated rings. The molecule has 0 aliphatic rings. The van der Waals surface area contributed by atoms with Crippen LogP contribution in [0, 0.1) is 12.1 Å². The van der Waals surface area contributed by atoms with Crippen LogP contribution in [0.2, 0.25) is 0 Å². The van der Waals surface area contributed by atoms with Crippen LogP contribution in [0.15, 0.2) is 168 Å². The van der Waals surface area contributed by atoms with Crippen molar-refractivity contribution in [3.63, 3.8) is 0 Å². The van der Waals surface area contributed by atoms with E-state index >= 15 is 0 Å². The molecule has 0 saturated heterocycles. The van der Waals surface area contributed by atoms with E-state index in [2.05, 4.69) is 63.7 Å². The fourth-order valence-electron chi connectivity index (χ4n) is 6.33. The molecule has 0 spiro atoms. The van der Waals surface area contributed by atoms with E-state index in [1.54, 1.807) is 6.20 Å². The molecule has 4 aromatic heterocycles. The van der Waals surface area contributed by atoms with Gasteiger partial charge in [-0.15, -0.1) is 64.3 Å². The molecule has 0 saturated carbocycles. The van der Waals surface area contributed by atoms with E-state index in [1.165, 1.54) is 0 Å². The van der Waals surface area contributed by atoms with E-state index < -0.39 is 0 Å². The van der Waals surface area contributed by atoms with Crippen molar-refractivity contribution in [1.82, 2.24) is 24.7 Å². The van der Waals surface area contributed by atoms with Gasteiger partial charge in [0, 0.05) is 42.8 Å². The van der Waals surface area contributed by atoms with Crippen molar-refractivity contribution in [2.45, 2.75) is 0 Å². The average Bonchev–Trinajstić information content (AvgIpc) is 3.78. The van der Waals surface area contributed by atoms with Crippen LogP contribution in [-0.4, -0.2) is 24.7 Å². The average molecular weight is 834 g/mol. The number of imidazole rings is 1. The molecule has 0 aliphatic heterocycles. The van der Waals surface area contributed by atoms with Gasteiger partial charge in [-0.05, 0) is 47.2 Å². The number of aromatic nitrogens is 5. The van der Waals surface area contributed by atoms with Gasteiger partial charge in [0.1, 0.15) is 11.1 Å². The van der Waals surface area contributed by atoms with Gasteiger partial charge in [0.15, 0.2) is 5.65 Å². The van der Waals surface area contributed by atoms with E-state index in [0.717, 1.165) is 72.0 Å². The van der Waals surface area contributed by atoms with E-state index in [4.69, 9.17) is 9.40 Å². The summed E-state index contributed by atoms with van der Waals surface area (Å²) in [5.41, 5.74) is 9.87. The normalized spacial score (nSPS) is 11.0. The molecular formula is C44H27IrN5O-2. The molecule has 0 unspecified atom stereocenters. The van der Waals surface area contributed by atoms with Crippen LogP contribution in [0.5, 0.6) is 0 Å². The molecule has 0 bridgehead atoms. The van der Waals surface area contributed by atoms with Crippen LogP contribution in [0.25, 0.3) is 83.5 Å². The number of para-hydroxylation sites is 1. The second-order valence-corrected chi connectivity index (χ2v) is 11.8. The second-order valence-electron chi connectivity index (χ2n) is 11.8. The van der Waals surface area contributed by atoms with Gasteiger partial charge in [0.2, 0.25) is 0 Å². The monoisotopic (exact) mass is 834 g/mol. The Morgan fingerprint density at radius 2 is 1.37 bits per heavy atom. The number of nitrogens with zero attached hydrogens (tertiary/aromatic N) is 5. The summed E-state index contributed by atoms with van der Waals surface area (Å²) in [6.07, 6.45) is 1.79. The van der Waals surface area contributed by atoms with Crippen LogP contribution in [0.1, 0.15) is 0 Å². The minimum Gasteiger partial charge on any atom is -0.501 e. The fourth-order valence-corrected chi connectivity index (χ4v) is 6.33. The van der Waals surface area contributed by atoms with Crippen LogP contribution in [0.3, 0.4) is 0 Å². The Hall–Kier alpha value is -6.27. The zero-order valence-corrected chi connectivity index (χ0v) is 29.5. The molecule has 6 aromatic carbocycles. The number of hydrogen-bond donors (Lipinski definition) is 0. The third kappa shape index (κ3) is 5.99. The Balaban J connectivity index is 0.000000245. The molecule has 245 valence electrons. The number of pyridine rings is 1. The molecule has 0 amide bonds. The molecular weight excluding hydrogens is 807 g/mol. The Morgan fingerprint density at radius 1 is 0.588 bits per heavy atom. The maximum Gasteiger partial charge on any atom is 0.178 e. The van der Waals surface area contributed by atoms with Crippen molar-refractivity contribution >= 4 is 44.0 Å². The van der Waals surface area contributed by atoms with E-state index in [9.17, 15) is 0 Å². The van der Waals surface area contributed by atoms with Crippen molar-refractivity contribution in [1.29, 1.82) is 0 Å². The smallest absolute Gasteiger partial charge is 0.178 e. The molecule has 51 heavy (non-hydrogen) atoms. The molecule has 0 N–H and O–H groups in total. The number of benzene rings is 6. The zero-order valence-electron chi connectivity index (χ0n) is 27.1. The summed E-state index contributed by atoms with van der Waals surface area (Å²) in [6, 6.07) is 59.0. The number of fused-ring (bicyclic) bond motifs is 6. The van der Waals surface area contributed by atoms with Gasteiger partial charge in [-0.25, -0.2) is 0 Å². The van der Waals surface area contributed by atoms with Gasteiger partial charge in [-0.2, -0.15) is 0 Å². The van der Waals surface area contributed by atoms with Gasteiger partial charge in [-0.3, -0.25) is 4.98 Å². The van der Waals surface area contributed by atoms with Gasteiger partial charge in [0.05, 0.1) is 16.9 Å². The van der Waals surface area contributed by atoms with Crippen LogP contribution in [-0.2, 0) is 20.1 Å². The van der Waals surface area contributed by atoms with Crippen LogP contribution in [0.4, 0.5) is 0 Å². The van der Waals surface area contributed by atoms with Crippen molar-refractivity contribution in [2.24, 2.45) is 0 Å². The molecule has 6 nitrogen and oxygen atoms in total. The number of rotatable bonds is 4. The predicted molar refractivity (Wildman–Crippen MR) is 200 cm³/mol. The first-order valence-corrected chi connectivity index (χ1v) is 16.3. The van der Waals surface area contributed by atoms with Crippen LogP contribution < -0.4 is 0 Å². The Bertz CT molecular complexity index is 2710. The van der Waals surface area contributed by atoms with Gasteiger partial charge in [-0.1, -0.05) is 102 Å². The molecule has 10 rings (SSSR count). The van der Waals surface area contributed by atoms with E-state index in [-0.39, 0.29) is 20.1 Å². The Morgan fingerprint density at radius 3 is 2.18 bits per heavy atom. The number of furan rings is 1.